The van der Waals surface area contributed by atoms with Crippen LogP contribution in [0.3, 0.4) is 0 Å². The highest BCUT2D eigenvalue weighted by Crippen LogP contribution is 2.47. The first-order chi connectivity index (χ1) is 13.2. The van der Waals surface area contributed by atoms with Gasteiger partial charge in [0.05, 0.1) is 14.2 Å². The normalized spacial score (nSPS) is 14.6. The van der Waals surface area contributed by atoms with E-state index in [0.29, 0.717) is 0 Å². The highest BCUT2D eigenvalue weighted by molar-refractivity contribution is 14.1. The summed E-state index contributed by atoms with van der Waals surface area (Å²) in [6, 6.07) is 24.1. The summed E-state index contributed by atoms with van der Waals surface area (Å²) in [6.07, 6.45) is 2.17. The van der Waals surface area contributed by atoms with Gasteiger partial charge in [-0.2, -0.15) is 0 Å². The van der Waals surface area contributed by atoms with Crippen molar-refractivity contribution in [1.82, 2.24) is 0 Å². The van der Waals surface area contributed by atoms with E-state index in [0.717, 1.165) is 37.5 Å². The number of methoxy groups -OCH3 is 2. The lowest BCUT2D eigenvalue weighted by Crippen LogP contribution is -2.34. The van der Waals surface area contributed by atoms with E-state index in [4.69, 9.17) is 14.2 Å². The van der Waals surface area contributed by atoms with Gasteiger partial charge in [-0.1, -0.05) is 42.5 Å². The fraction of sp³-hybridized carbons (Fsp3) is 0.130. The van der Waals surface area contributed by atoms with E-state index in [-0.39, 0.29) is 0 Å². The molecule has 27 heavy (non-hydrogen) atoms. The third-order valence-electron chi connectivity index (χ3n) is 4.74. The lowest BCUT2D eigenvalue weighted by molar-refractivity contribution is 0.160. The zero-order chi connectivity index (χ0) is 18.9. The fourth-order valence-electron chi connectivity index (χ4n) is 3.37. The van der Waals surface area contributed by atoms with Gasteiger partial charge in [0.25, 0.3) is 0 Å². The van der Waals surface area contributed by atoms with Gasteiger partial charge in [0.15, 0.2) is 5.60 Å². The zero-order valence-electron chi connectivity index (χ0n) is 15.1. The average molecular weight is 470 g/mol. The number of ether oxygens (including phenoxy) is 3. The predicted octanol–water partition coefficient (Wildman–Crippen LogP) is 5.82. The Bertz CT molecular complexity index is 962. The molecule has 1 aliphatic rings. The maximum atomic E-state index is 6.67. The summed E-state index contributed by atoms with van der Waals surface area (Å²) in [5.41, 5.74) is 2.32. The molecule has 0 saturated carbocycles. The molecule has 0 fully saturated rings. The Labute approximate surface area is 172 Å². The van der Waals surface area contributed by atoms with E-state index >= 15 is 0 Å². The van der Waals surface area contributed by atoms with E-state index in [2.05, 4.69) is 46.9 Å². The minimum Gasteiger partial charge on any atom is -0.497 e. The fourth-order valence-corrected chi connectivity index (χ4v) is 4.26. The summed E-state index contributed by atoms with van der Waals surface area (Å²) >= 11 is 2.38. The molecule has 0 aromatic heterocycles. The van der Waals surface area contributed by atoms with Crippen molar-refractivity contribution < 1.29 is 14.2 Å². The SMILES string of the molecule is COc1cccc(C2(c3cccc(OC)c3)C=C(I)c3ccccc3O2)c1. The number of hydrogen-bond acceptors (Lipinski definition) is 3. The van der Waals surface area contributed by atoms with Crippen molar-refractivity contribution in [2.24, 2.45) is 0 Å². The topological polar surface area (TPSA) is 27.7 Å². The molecule has 136 valence electrons. The minimum absolute atomic E-state index is 0.770. The minimum atomic E-state index is -0.770. The summed E-state index contributed by atoms with van der Waals surface area (Å²) in [7, 11) is 3.35. The lowest BCUT2D eigenvalue weighted by atomic mass is 9.83. The molecule has 1 heterocycles. The van der Waals surface area contributed by atoms with Crippen molar-refractivity contribution in [2.75, 3.05) is 14.2 Å². The molecule has 0 aliphatic carbocycles. The van der Waals surface area contributed by atoms with Crippen molar-refractivity contribution in [3.63, 3.8) is 0 Å². The largest absolute Gasteiger partial charge is 0.497 e. The molecule has 0 unspecified atom stereocenters. The number of para-hydroxylation sites is 1. The molecule has 0 atom stereocenters. The van der Waals surface area contributed by atoms with Gasteiger partial charge in [0.2, 0.25) is 0 Å². The van der Waals surface area contributed by atoms with Crippen LogP contribution in [0.15, 0.2) is 78.9 Å². The molecule has 0 spiro atoms. The van der Waals surface area contributed by atoms with Crippen LogP contribution in [-0.2, 0) is 5.60 Å². The van der Waals surface area contributed by atoms with Crippen molar-refractivity contribution >= 4 is 26.2 Å². The molecule has 0 amide bonds. The first kappa shape index (κ1) is 17.9. The van der Waals surface area contributed by atoms with E-state index in [1.54, 1.807) is 14.2 Å². The smallest absolute Gasteiger partial charge is 0.179 e. The molecule has 3 aromatic carbocycles. The number of rotatable bonds is 4. The Morgan fingerprint density at radius 2 is 1.37 bits per heavy atom. The van der Waals surface area contributed by atoms with Crippen LogP contribution in [0.2, 0.25) is 0 Å². The molecule has 4 heteroatoms. The summed E-state index contributed by atoms with van der Waals surface area (Å²) in [4.78, 5) is 0. The summed E-state index contributed by atoms with van der Waals surface area (Å²) in [5, 5.41) is 0. The number of benzene rings is 3. The summed E-state index contributed by atoms with van der Waals surface area (Å²) in [5.74, 6) is 2.44. The molecule has 0 radical (unpaired) electrons. The second-order valence-corrected chi connectivity index (χ2v) is 7.45. The van der Waals surface area contributed by atoms with Gasteiger partial charge >= 0.3 is 0 Å². The molecule has 1 aliphatic heterocycles. The molecular weight excluding hydrogens is 451 g/mol. The van der Waals surface area contributed by atoms with Crippen LogP contribution >= 0.6 is 22.6 Å². The van der Waals surface area contributed by atoms with Crippen molar-refractivity contribution in [3.8, 4) is 17.2 Å². The standard InChI is InChI=1S/C23H19IO3/c1-25-18-9-5-7-16(13-18)23(17-8-6-10-19(14-17)26-2)15-21(24)20-11-3-4-12-22(20)27-23/h3-15H,1-2H3. The molecule has 0 N–H and O–H groups in total. The zero-order valence-corrected chi connectivity index (χ0v) is 17.3. The van der Waals surface area contributed by atoms with E-state index < -0.39 is 5.60 Å². The Balaban J connectivity index is 1.98. The second-order valence-electron chi connectivity index (χ2n) is 6.29. The first-order valence-electron chi connectivity index (χ1n) is 8.62. The van der Waals surface area contributed by atoms with Gasteiger partial charge in [0.1, 0.15) is 17.2 Å². The van der Waals surface area contributed by atoms with Gasteiger partial charge < -0.3 is 14.2 Å². The van der Waals surface area contributed by atoms with Crippen LogP contribution < -0.4 is 14.2 Å². The summed E-state index contributed by atoms with van der Waals surface area (Å²) < 4.78 is 18.7. The highest BCUT2D eigenvalue weighted by atomic mass is 127. The molecule has 0 bridgehead atoms. The number of hydrogen-bond donors (Lipinski definition) is 0. The highest BCUT2D eigenvalue weighted by Gasteiger charge is 2.39. The molecule has 0 saturated heterocycles. The Morgan fingerprint density at radius 1 is 0.778 bits per heavy atom. The predicted molar refractivity (Wildman–Crippen MR) is 116 cm³/mol. The van der Waals surface area contributed by atoms with Crippen molar-refractivity contribution in [1.29, 1.82) is 0 Å². The van der Waals surface area contributed by atoms with E-state index in [9.17, 15) is 0 Å². The van der Waals surface area contributed by atoms with E-state index in [1.165, 1.54) is 0 Å². The van der Waals surface area contributed by atoms with Crippen molar-refractivity contribution in [3.05, 3.63) is 95.6 Å². The van der Waals surface area contributed by atoms with Gasteiger partial charge in [-0.15, -0.1) is 0 Å². The maximum absolute atomic E-state index is 6.67. The van der Waals surface area contributed by atoms with Crippen LogP contribution in [0.1, 0.15) is 16.7 Å². The van der Waals surface area contributed by atoms with Crippen molar-refractivity contribution in [2.45, 2.75) is 5.60 Å². The number of halogens is 1. The third kappa shape index (κ3) is 3.18. The van der Waals surface area contributed by atoms with Gasteiger partial charge in [-0.3, -0.25) is 0 Å². The molecule has 3 aromatic rings. The number of fused-ring (bicyclic) bond motifs is 1. The maximum Gasteiger partial charge on any atom is 0.179 e. The monoisotopic (exact) mass is 470 g/mol. The molecular formula is C23H19IO3. The third-order valence-corrected chi connectivity index (χ3v) is 5.63. The van der Waals surface area contributed by atoms with Crippen LogP contribution in [0.5, 0.6) is 17.2 Å². The first-order valence-corrected chi connectivity index (χ1v) is 9.70. The average Bonchev–Trinajstić information content (AvgIpc) is 2.73. The Kier molecular flexibility index (Phi) is 4.83. The second kappa shape index (κ2) is 7.27. The van der Waals surface area contributed by atoms with Gasteiger partial charge in [-0.25, -0.2) is 0 Å². The van der Waals surface area contributed by atoms with Gasteiger partial charge in [-0.05, 0) is 59.0 Å². The van der Waals surface area contributed by atoms with Crippen LogP contribution in [0.4, 0.5) is 0 Å². The lowest BCUT2D eigenvalue weighted by Gasteiger charge is -2.37. The van der Waals surface area contributed by atoms with E-state index in [1.807, 2.05) is 54.6 Å². The molecule has 4 rings (SSSR count). The van der Waals surface area contributed by atoms with Crippen LogP contribution in [0.25, 0.3) is 3.58 Å². The Morgan fingerprint density at radius 3 is 1.96 bits per heavy atom. The Hall–Kier alpha value is -2.47. The van der Waals surface area contributed by atoms with Crippen LogP contribution in [-0.4, -0.2) is 14.2 Å². The van der Waals surface area contributed by atoms with Gasteiger partial charge in [0, 0.05) is 20.3 Å². The quantitative estimate of drug-likeness (QED) is 0.450. The van der Waals surface area contributed by atoms with Crippen LogP contribution in [0, 0.1) is 0 Å². The molecule has 3 nitrogen and oxygen atoms in total. The summed E-state index contributed by atoms with van der Waals surface area (Å²) in [6.45, 7) is 0.